The molecule has 0 bridgehead atoms. The highest BCUT2D eigenvalue weighted by molar-refractivity contribution is 5.78. The molecule has 0 saturated heterocycles. The van der Waals surface area contributed by atoms with Gasteiger partial charge in [0.2, 0.25) is 0 Å². The molecule has 2 aromatic carbocycles. The molecular formula is C24H30O2. The summed E-state index contributed by atoms with van der Waals surface area (Å²) in [5.74, 6) is 0.249. The molecular weight excluding hydrogens is 320 g/mol. The zero-order valence-corrected chi connectivity index (χ0v) is 16.5. The third kappa shape index (κ3) is 5.32. The molecule has 0 amide bonds. The van der Waals surface area contributed by atoms with Crippen LogP contribution in [0, 0.1) is 24.2 Å². The van der Waals surface area contributed by atoms with Gasteiger partial charge in [-0.3, -0.25) is 4.79 Å². The van der Waals surface area contributed by atoms with Gasteiger partial charge >= 0.3 is 5.97 Å². The predicted molar refractivity (Wildman–Crippen MR) is 108 cm³/mol. The van der Waals surface area contributed by atoms with E-state index in [9.17, 15) is 4.79 Å². The van der Waals surface area contributed by atoms with Crippen molar-refractivity contribution in [2.24, 2.45) is 17.3 Å². The number of esters is 1. The van der Waals surface area contributed by atoms with E-state index in [-0.39, 0.29) is 17.3 Å². The lowest BCUT2D eigenvalue weighted by atomic mass is 10.1. The van der Waals surface area contributed by atoms with E-state index in [4.69, 9.17) is 4.74 Å². The Morgan fingerprint density at radius 2 is 1.54 bits per heavy atom. The fourth-order valence-corrected chi connectivity index (χ4v) is 3.19. The Hall–Kier alpha value is -2.35. The standard InChI is InChI=1S/C18H24O2.C6H6/c1-12(2)10-15-16(18(15,4)5)17(19)20-11-14-9-7-6-8-13(14)3;1-2-4-6-5-3-1/h6-10,15-16H,11H2,1-5H3;1-6H. The summed E-state index contributed by atoms with van der Waals surface area (Å²) < 4.78 is 5.51. The molecule has 138 valence electrons. The summed E-state index contributed by atoms with van der Waals surface area (Å²) in [6.07, 6.45) is 2.19. The van der Waals surface area contributed by atoms with Crippen molar-refractivity contribution < 1.29 is 9.53 Å². The summed E-state index contributed by atoms with van der Waals surface area (Å²) in [6.45, 7) is 10.8. The van der Waals surface area contributed by atoms with Crippen LogP contribution in [0.25, 0.3) is 0 Å². The first-order chi connectivity index (χ1) is 12.3. The third-order valence-electron chi connectivity index (χ3n) is 4.98. The third-order valence-corrected chi connectivity index (χ3v) is 4.98. The van der Waals surface area contributed by atoms with Gasteiger partial charge < -0.3 is 4.74 Å². The summed E-state index contributed by atoms with van der Waals surface area (Å²) in [5.41, 5.74) is 3.53. The van der Waals surface area contributed by atoms with Gasteiger partial charge in [0.15, 0.2) is 0 Å². The lowest BCUT2D eigenvalue weighted by Gasteiger charge is -2.08. The number of hydrogen-bond donors (Lipinski definition) is 0. The molecule has 3 rings (SSSR count). The molecule has 1 aliphatic carbocycles. The summed E-state index contributed by atoms with van der Waals surface area (Å²) in [6, 6.07) is 20.0. The summed E-state index contributed by atoms with van der Waals surface area (Å²) in [5, 5.41) is 0. The van der Waals surface area contributed by atoms with Crippen molar-refractivity contribution in [3.05, 3.63) is 83.4 Å². The first kappa shape index (κ1) is 20.0. The van der Waals surface area contributed by atoms with Gasteiger partial charge in [0.05, 0.1) is 5.92 Å². The van der Waals surface area contributed by atoms with Gasteiger partial charge in [-0.1, -0.05) is 86.2 Å². The van der Waals surface area contributed by atoms with Crippen molar-refractivity contribution in [3.8, 4) is 0 Å². The van der Waals surface area contributed by atoms with Crippen molar-refractivity contribution in [1.82, 2.24) is 0 Å². The summed E-state index contributed by atoms with van der Waals surface area (Å²) >= 11 is 0. The van der Waals surface area contributed by atoms with Gasteiger partial charge in [-0.05, 0) is 43.2 Å². The van der Waals surface area contributed by atoms with E-state index in [1.807, 2.05) is 67.6 Å². The Balaban J connectivity index is 0.000000342. The number of allylic oxidation sites excluding steroid dienone is 2. The van der Waals surface area contributed by atoms with Gasteiger partial charge in [0.25, 0.3) is 0 Å². The van der Waals surface area contributed by atoms with E-state index in [1.165, 1.54) is 5.57 Å². The van der Waals surface area contributed by atoms with Crippen molar-refractivity contribution in [2.75, 3.05) is 0 Å². The van der Waals surface area contributed by atoms with E-state index < -0.39 is 0 Å². The second kappa shape index (κ2) is 8.84. The molecule has 2 unspecified atom stereocenters. The molecule has 0 N–H and O–H groups in total. The fourth-order valence-electron chi connectivity index (χ4n) is 3.19. The molecule has 2 nitrogen and oxygen atoms in total. The highest BCUT2D eigenvalue weighted by Crippen LogP contribution is 2.59. The van der Waals surface area contributed by atoms with Gasteiger partial charge in [-0.15, -0.1) is 0 Å². The van der Waals surface area contributed by atoms with Crippen LogP contribution in [-0.4, -0.2) is 5.97 Å². The number of benzene rings is 2. The first-order valence-corrected chi connectivity index (χ1v) is 9.20. The number of ether oxygens (including phenoxy) is 1. The average Bonchev–Trinajstić information content (AvgIpc) is 3.15. The molecule has 0 heterocycles. The van der Waals surface area contributed by atoms with Crippen molar-refractivity contribution in [2.45, 2.75) is 41.2 Å². The zero-order chi connectivity index (χ0) is 19.2. The molecule has 0 spiro atoms. The molecule has 2 heteroatoms. The van der Waals surface area contributed by atoms with Crippen molar-refractivity contribution >= 4 is 5.97 Å². The van der Waals surface area contributed by atoms with Crippen LogP contribution in [0.15, 0.2) is 72.3 Å². The highest BCUT2D eigenvalue weighted by Gasteiger charge is 2.61. The zero-order valence-electron chi connectivity index (χ0n) is 16.5. The summed E-state index contributed by atoms with van der Waals surface area (Å²) in [4.78, 5) is 12.2. The topological polar surface area (TPSA) is 26.3 Å². The molecule has 26 heavy (non-hydrogen) atoms. The molecule has 2 atom stereocenters. The van der Waals surface area contributed by atoms with Crippen LogP contribution in [0.3, 0.4) is 0 Å². The van der Waals surface area contributed by atoms with Crippen molar-refractivity contribution in [3.63, 3.8) is 0 Å². The van der Waals surface area contributed by atoms with Crippen LogP contribution in [0.2, 0.25) is 0 Å². The van der Waals surface area contributed by atoms with E-state index in [2.05, 4.69) is 33.8 Å². The molecule has 2 aromatic rings. The molecule has 0 radical (unpaired) electrons. The van der Waals surface area contributed by atoms with E-state index >= 15 is 0 Å². The van der Waals surface area contributed by atoms with E-state index in [1.54, 1.807) is 0 Å². The van der Waals surface area contributed by atoms with Crippen LogP contribution in [0.5, 0.6) is 0 Å². The normalized spacial score (nSPS) is 19.6. The molecule has 1 aliphatic rings. The predicted octanol–water partition coefficient (Wildman–Crippen LogP) is 5.96. The number of rotatable bonds is 4. The number of carbonyl (C=O) groups is 1. The van der Waals surface area contributed by atoms with Gasteiger partial charge in [-0.2, -0.15) is 0 Å². The number of hydrogen-bond acceptors (Lipinski definition) is 2. The van der Waals surface area contributed by atoms with Gasteiger partial charge in [0.1, 0.15) is 6.61 Å². The second-order valence-corrected chi connectivity index (χ2v) is 7.76. The Morgan fingerprint density at radius 3 is 2.04 bits per heavy atom. The minimum atomic E-state index is -0.0687. The maximum atomic E-state index is 12.2. The summed E-state index contributed by atoms with van der Waals surface area (Å²) in [7, 11) is 0. The molecule has 0 aliphatic heterocycles. The monoisotopic (exact) mass is 350 g/mol. The molecule has 0 aromatic heterocycles. The fraction of sp³-hybridized carbons (Fsp3) is 0.375. The van der Waals surface area contributed by atoms with E-state index in [0.717, 1.165) is 11.1 Å². The maximum Gasteiger partial charge on any atom is 0.310 e. The molecule has 1 saturated carbocycles. The minimum Gasteiger partial charge on any atom is -0.461 e. The maximum absolute atomic E-state index is 12.2. The Bertz CT molecular complexity index is 713. The number of aryl methyl sites for hydroxylation is 1. The SMILES string of the molecule is CC(C)=CC1C(C(=O)OCc2ccccc2C)C1(C)C.c1ccccc1. The quantitative estimate of drug-likeness (QED) is 0.502. The van der Waals surface area contributed by atoms with Gasteiger partial charge in [0, 0.05) is 0 Å². The smallest absolute Gasteiger partial charge is 0.310 e. The van der Waals surface area contributed by atoms with Crippen LogP contribution in [-0.2, 0) is 16.1 Å². The highest BCUT2D eigenvalue weighted by atomic mass is 16.5. The van der Waals surface area contributed by atoms with Crippen LogP contribution in [0.4, 0.5) is 0 Å². The van der Waals surface area contributed by atoms with Crippen LogP contribution < -0.4 is 0 Å². The average molecular weight is 351 g/mol. The first-order valence-electron chi connectivity index (χ1n) is 9.20. The Morgan fingerprint density at radius 1 is 1.00 bits per heavy atom. The lowest BCUT2D eigenvalue weighted by Crippen LogP contribution is -2.11. The van der Waals surface area contributed by atoms with E-state index in [0.29, 0.717) is 12.5 Å². The Kier molecular flexibility index (Phi) is 6.79. The van der Waals surface area contributed by atoms with Crippen LogP contribution >= 0.6 is 0 Å². The lowest BCUT2D eigenvalue weighted by molar-refractivity contribution is -0.147. The Labute approximate surface area is 157 Å². The molecule has 1 fully saturated rings. The minimum absolute atomic E-state index is 0.00131. The largest absolute Gasteiger partial charge is 0.461 e. The van der Waals surface area contributed by atoms with Gasteiger partial charge in [-0.25, -0.2) is 0 Å². The van der Waals surface area contributed by atoms with Crippen LogP contribution in [0.1, 0.15) is 38.8 Å². The second-order valence-electron chi connectivity index (χ2n) is 7.76. The number of carbonyl (C=O) groups excluding carboxylic acids is 1. The van der Waals surface area contributed by atoms with Crippen molar-refractivity contribution in [1.29, 1.82) is 0 Å².